The third-order valence-electron chi connectivity index (χ3n) is 2.98. The van der Waals surface area contributed by atoms with Crippen molar-refractivity contribution in [1.29, 1.82) is 0 Å². The maximum Gasteiger partial charge on any atom is 0.191 e. The maximum absolute atomic E-state index is 5.40. The molecule has 0 aromatic carbocycles. The Morgan fingerprint density at radius 1 is 1.05 bits per heavy atom. The number of rotatable bonds is 11. The van der Waals surface area contributed by atoms with Crippen LogP contribution in [0.4, 0.5) is 0 Å². The van der Waals surface area contributed by atoms with Crippen molar-refractivity contribution >= 4 is 5.96 Å². The Hall–Kier alpha value is -0.810. The smallest absolute Gasteiger partial charge is 0.191 e. The van der Waals surface area contributed by atoms with E-state index >= 15 is 0 Å². The Labute approximate surface area is 118 Å². The van der Waals surface area contributed by atoms with Gasteiger partial charge in [0.1, 0.15) is 0 Å². The fraction of sp³-hybridized carbons (Fsp3) is 0.929. The van der Waals surface area contributed by atoms with E-state index in [-0.39, 0.29) is 0 Å². The van der Waals surface area contributed by atoms with Crippen molar-refractivity contribution in [2.45, 2.75) is 33.6 Å². The van der Waals surface area contributed by atoms with E-state index in [0.29, 0.717) is 25.7 Å². The molecule has 0 heterocycles. The van der Waals surface area contributed by atoms with E-state index in [2.05, 4.69) is 36.4 Å². The third-order valence-corrected chi connectivity index (χ3v) is 2.98. The number of hydrogen-bond donors (Lipinski definition) is 2. The first kappa shape index (κ1) is 18.2. The minimum atomic E-state index is 0.638. The lowest BCUT2D eigenvalue weighted by Gasteiger charge is -2.14. The lowest BCUT2D eigenvalue weighted by molar-refractivity contribution is 0.0733. The van der Waals surface area contributed by atoms with Crippen molar-refractivity contribution in [2.75, 3.05) is 46.6 Å². The number of nitrogens with one attached hydrogen (secondary N) is 2. The molecule has 114 valence electrons. The number of nitrogens with zero attached hydrogens (tertiary/aromatic N) is 1. The van der Waals surface area contributed by atoms with Crippen molar-refractivity contribution in [1.82, 2.24) is 10.6 Å². The summed E-state index contributed by atoms with van der Waals surface area (Å²) in [4.78, 5) is 4.60. The molecule has 0 aliphatic rings. The van der Waals surface area contributed by atoms with E-state index < -0.39 is 0 Å². The fourth-order valence-electron chi connectivity index (χ4n) is 1.59. The van der Waals surface area contributed by atoms with Gasteiger partial charge in [0, 0.05) is 26.7 Å². The summed E-state index contributed by atoms with van der Waals surface area (Å²) in [5, 5.41) is 6.52. The molecule has 0 radical (unpaired) electrons. The number of guanidine groups is 1. The molecule has 5 heteroatoms. The Morgan fingerprint density at radius 3 is 2.37 bits per heavy atom. The monoisotopic (exact) mass is 273 g/mol. The van der Waals surface area contributed by atoms with Crippen LogP contribution in [0, 0.1) is 5.92 Å². The topological polar surface area (TPSA) is 54.9 Å². The van der Waals surface area contributed by atoms with Gasteiger partial charge in [-0.15, -0.1) is 0 Å². The molecule has 0 fully saturated rings. The average molecular weight is 273 g/mol. The summed E-state index contributed by atoms with van der Waals surface area (Å²) in [6.45, 7) is 11.0. The quantitative estimate of drug-likeness (QED) is 0.341. The van der Waals surface area contributed by atoms with Crippen molar-refractivity contribution in [3.05, 3.63) is 0 Å². The highest BCUT2D eigenvalue weighted by Gasteiger charge is 2.03. The van der Waals surface area contributed by atoms with Crippen molar-refractivity contribution in [3.63, 3.8) is 0 Å². The van der Waals surface area contributed by atoms with E-state index in [1.165, 1.54) is 12.8 Å². The molecule has 0 aliphatic carbocycles. The van der Waals surface area contributed by atoms with Crippen LogP contribution >= 0.6 is 0 Å². The molecule has 0 atom stereocenters. The Morgan fingerprint density at radius 2 is 1.79 bits per heavy atom. The summed E-state index contributed by atoms with van der Waals surface area (Å²) in [5.74, 6) is 1.55. The molecular formula is C14H31N3O2. The Balaban J connectivity index is 3.86. The molecule has 2 N–H and O–H groups in total. The molecule has 0 saturated carbocycles. The van der Waals surface area contributed by atoms with Gasteiger partial charge in [-0.25, -0.2) is 0 Å². The standard InChI is InChI=1S/C14H31N3O2/c1-5-13(6-2)12-17-14(15-7-3)16-8-9-19-11-10-18-4/h13H,5-12H2,1-4H3,(H2,15,16,17). The SMILES string of the molecule is CCNC(=NCC(CC)CC)NCCOCCOC. The first-order valence-electron chi connectivity index (χ1n) is 7.37. The van der Waals surface area contributed by atoms with Gasteiger partial charge >= 0.3 is 0 Å². The van der Waals surface area contributed by atoms with Crippen LogP contribution in [0.1, 0.15) is 33.6 Å². The largest absolute Gasteiger partial charge is 0.382 e. The molecule has 0 saturated heterocycles. The van der Waals surface area contributed by atoms with Crippen LogP contribution in [0.15, 0.2) is 4.99 Å². The van der Waals surface area contributed by atoms with Gasteiger partial charge in [-0.3, -0.25) is 4.99 Å². The van der Waals surface area contributed by atoms with Crippen molar-refractivity contribution < 1.29 is 9.47 Å². The zero-order valence-electron chi connectivity index (χ0n) is 13.0. The molecular weight excluding hydrogens is 242 g/mol. The van der Waals surface area contributed by atoms with Crippen LogP contribution in [0.25, 0.3) is 0 Å². The lowest BCUT2D eigenvalue weighted by Crippen LogP contribution is -2.39. The van der Waals surface area contributed by atoms with Gasteiger partial charge < -0.3 is 20.1 Å². The van der Waals surface area contributed by atoms with Crippen LogP contribution in [-0.4, -0.2) is 52.5 Å². The van der Waals surface area contributed by atoms with Gasteiger partial charge in [-0.1, -0.05) is 26.7 Å². The Kier molecular flexibility index (Phi) is 13.0. The maximum atomic E-state index is 5.40. The summed E-state index contributed by atoms with van der Waals surface area (Å²) in [5.41, 5.74) is 0. The Bertz CT molecular complexity index is 219. The second-order valence-electron chi connectivity index (χ2n) is 4.43. The lowest BCUT2D eigenvalue weighted by atomic mass is 10.0. The fourth-order valence-corrected chi connectivity index (χ4v) is 1.59. The first-order valence-corrected chi connectivity index (χ1v) is 7.37. The number of ether oxygens (including phenoxy) is 2. The minimum absolute atomic E-state index is 0.638. The average Bonchev–Trinajstić information content (AvgIpc) is 2.43. The van der Waals surface area contributed by atoms with Gasteiger partial charge in [0.05, 0.1) is 19.8 Å². The van der Waals surface area contributed by atoms with Gasteiger partial charge in [0.2, 0.25) is 0 Å². The number of hydrogen-bond acceptors (Lipinski definition) is 3. The second kappa shape index (κ2) is 13.6. The zero-order valence-corrected chi connectivity index (χ0v) is 13.0. The zero-order chi connectivity index (χ0) is 14.3. The summed E-state index contributed by atoms with van der Waals surface area (Å²) < 4.78 is 10.3. The molecule has 0 unspecified atom stereocenters. The predicted octanol–water partition coefficient (Wildman–Crippen LogP) is 1.64. The van der Waals surface area contributed by atoms with E-state index in [1.807, 2.05) is 0 Å². The highest BCUT2D eigenvalue weighted by molar-refractivity contribution is 5.79. The van der Waals surface area contributed by atoms with Crippen LogP contribution in [-0.2, 0) is 9.47 Å². The van der Waals surface area contributed by atoms with E-state index in [9.17, 15) is 0 Å². The molecule has 0 aromatic heterocycles. The van der Waals surface area contributed by atoms with Crippen molar-refractivity contribution in [2.24, 2.45) is 10.9 Å². The van der Waals surface area contributed by atoms with E-state index in [0.717, 1.165) is 25.6 Å². The molecule has 19 heavy (non-hydrogen) atoms. The van der Waals surface area contributed by atoms with E-state index in [1.54, 1.807) is 7.11 Å². The highest BCUT2D eigenvalue weighted by Crippen LogP contribution is 2.06. The summed E-state index contributed by atoms with van der Waals surface area (Å²) >= 11 is 0. The summed E-state index contributed by atoms with van der Waals surface area (Å²) in [6, 6.07) is 0. The third kappa shape index (κ3) is 10.8. The molecule has 0 amide bonds. The van der Waals surface area contributed by atoms with Gasteiger partial charge in [0.25, 0.3) is 0 Å². The van der Waals surface area contributed by atoms with Crippen LogP contribution in [0.2, 0.25) is 0 Å². The molecule has 0 aliphatic heterocycles. The van der Waals surface area contributed by atoms with Crippen LogP contribution in [0.5, 0.6) is 0 Å². The van der Waals surface area contributed by atoms with Crippen LogP contribution in [0.3, 0.4) is 0 Å². The van der Waals surface area contributed by atoms with Gasteiger partial charge in [-0.2, -0.15) is 0 Å². The first-order chi connectivity index (χ1) is 9.28. The minimum Gasteiger partial charge on any atom is -0.382 e. The second-order valence-corrected chi connectivity index (χ2v) is 4.43. The molecule has 5 nitrogen and oxygen atoms in total. The van der Waals surface area contributed by atoms with Crippen LogP contribution < -0.4 is 10.6 Å². The molecule has 0 aromatic rings. The van der Waals surface area contributed by atoms with Gasteiger partial charge in [-0.05, 0) is 12.8 Å². The van der Waals surface area contributed by atoms with Crippen molar-refractivity contribution in [3.8, 4) is 0 Å². The van der Waals surface area contributed by atoms with Gasteiger partial charge in [0.15, 0.2) is 5.96 Å². The highest BCUT2D eigenvalue weighted by atomic mass is 16.5. The number of aliphatic imine (C=N–C) groups is 1. The summed E-state index contributed by atoms with van der Waals surface area (Å²) in [7, 11) is 1.68. The molecule has 0 spiro atoms. The number of methoxy groups -OCH3 is 1. The molecule has 0 rings (SSSR count). The van der Waals surface area contributed by atoms with E-state index in [4.69, 9.17) is 9.47 Å². The predicted molar refractivity (Wildman–Crippen MR) is 80.7 cm³/mol. The normalized spacial score (nSPS) is 11.9. The summed E-state index contributed by atoms with van der Waals surface area (Å²) in [6.07, 6.45) is 2.36. The molecule has 0 bridgehead atoms.